The summed E-state index contributed by atoms with van der Waals surface area (Å²) in [5, 5.41) is 3.89. The second kappa shape index (κ2) is 6.59. The van der Waals surface area contributed by atoms with E-state index in [1.165, 1.54) is 0 Å². The van der Waals surface area contributed by atoms with E-state index in [2.05, 4.69) is 5.16 Å². The molecule has 6 heteroatoms. The van der Waals surface area contributed by atoms with Crippen LogP contribution in [0.3, 0.4) is 0 Å². The maximum Gasteiger partial charge on any atom is 0.276 e. The lowest BCUT2D eigenvalue weighted by Crippen LogP contribution is -2.56. The molecule has 0 radical (unpaired) electrons. The van der Waals surface area contributed by atoms with Gasteiger partial charge in [0.15, 0.2) is 5.69 Å². The van der Waals surface area contributed by atoms with Gasteiger partial charge in [-0.3, -0.25) is 9.59 Å². The molecule has 1 spiro atoms. The van der Waals surface area contributed by atoms with Crippen molar-refractivity contribution in [2.24, 2.45) is 0 Å². The maximum atomic E-state index is 13.0. The quantitative estimate of drug-likeness (QED) is 0.851. The molecule has 2 aromatic rings. The highest BCUT2D eigenvalue weighted by Gasteiger charge is 2.50. The average Bonchev–Trinajstić information content (AvgIpc) is 3.20. The summed E-state index contributed by atoms with van der Waals surface area (Å²) in [6.45, 7) is 3.61. The second-order valence-electron chi connectivity index (χ2n) is 7.37. The summed E-state index contributed by atoms with van der Waals surface area (Å²) < 4.78 is 5.07. The lowest BCUT2D eigenvalue weighted by atomic mass is 9.85. The largest absolute Gasteiger partial charge is 0.361 e. The number of amides is 2. The second-order valence-corrected chi connectivity index (χ2v) is 7.37. The van der Waals surface area contributed by atoms with E-state index in [9.17, 15) is 9.59 Å². The molecule has 1 atom stereocenters. The van der Waals surface area contributed by atoms with Crippen molar-refractivity contribution in [1.29, 1.82) is 0 Å². The molecule has 0 N–H and O–H groups in total. The molecule has 0 saturated carbocycles. The minimum atomic E-state index is -0.423. The van der Waals surface area contributed by atoms with Gasteiger partial charge in [0.2, 0.25) is 5.91 Å². The number of piperidine rings is 1. The first-order valence-electron chi connectivity index (χ1n) is 9.14. The van der Waals surface area contributed by atoms with E-state index in [1.807, 2.05) is 40.1 Å². The van der Waals surface area contributed by atoms with E-state index in [0.717, 1.165) is 24.8 Å². The van der Waals surface area contributed by atoms with Gasteiger partial charge in [0, 0.05) is 25.7 Å². The topological polar surface area (TPSA) is 66.7 Å². The first-order chi connectivity index (χ1) is 12.6. The van der Waals surface area contributed by atoms with Gasteiger partial charge in [-0.1, -0.05) is 35.5 Å². The zero-order valence-corrected chi connectivity index (χ0v) is 15.0. The number of aromatic nitrogens is 1. The molecule has 6 nitrogen and oxygen atoms in total. The number of benzene rings is 1. The molecule has 3 heterocycles. The Morgan fingerprint density at radius 1 is 1.27 bits per heavy atom. The van der Waals surface area contributed by atoms with Gasteiger partial charge >= 0.3 is 0 Å². The van der Waals surface area contributed by atoms with Crippen molar-refractivity contribution in [1.82, 2.24) is 15.0 Å². The van der Waals surface area contributed by atoms with Gasteiger partial charge < -0.3 is 14.3 Å². The summed E-state index contributed by atoms with van der Waals surface area (Å²) >= 11 is 0. The third kappa shape index (κ3) is 3.00. The Balaban J connectivity index is 1.57. The summed E-state index contributed by atoms with van der Waals surface area (Å²) in [5.74, 6) is 0.605. The third-order valence-corrected chi connectivity index (χ3v) is 5.47. The average molecular weight is 353 g/mol. The van der Waals surface area contributed by atoms with Gasteiger partial charge in [0.1, 0.15) is 5.76 Å². The first-order valence-corrected chi connectivity index (χ1v) is 9.14. The third-order valence-electron chi connectivity index (χ3n) is 5.47. The molecule has 2 amide bonds. The van der Waals surface area contributed by atoms with Gasteiger partial charge in [-0.25, -0.2) is 0 Å². The molecular weight excluding hydrogens is 330 g/mol. The Morgan fingerprint density at radius 3 is 2.81 bits per heavy atom. The molecule has 0 aliphatic carbocycles. The van der Waals surface area contributed by atoms with E-state index < -0.39 is 5.54 Å². The van der Waals surface area contributed by atoms with Crippen molar-refractivity contribution in [2.75, 3.05) is 13.1 Å². The highest BCUT2D eigenvalue weighted by molar-refractivity contribution is 5.94. The van der Waals surface area contributed by atoms with Crippen molar-refractivity contribution in [3.63, 3.8) is 0 Å². The molecule has 2 aliphatic rings. The fraction of sp³-hybridized carbons (Fsp3) is 0.450. The van der Waals surface area contributed by atoms with Crippen LogP contribution in [-0.2, 0) is 11.3 Å². The number of hydrogen-bond acceptors (Lipinski definition) is 4. The van der Waals surface area contributed by atoms with E-state index in [4.69, 9.17) is 4.52 Å². The number of carbonyl (C=O) groups is 2. The highest BCUT2D eigenvalue weighted by atomic mass is 16.5. The van der Waals surface area contributed by atoms with Crippen LogP contribution in [0.4, 0.5) is 0 Å². The van der Waals surface area contributed by atoms with Crippen LogP contribution in [0.2, 0.25) is 0 Å². The number of nitrogens with zero attached hydrogens (tertiary/aromatic N) is 3. The maximum absolute atomic E-state index is 13.0. The predicted molar refractivity (Wildman–Crippen MR) is 95.3 cm³/mol. The van der Waals surface area contributed by atoms with Crippen molar-refractivity contribution < 1.29 is 14.1 Å². The van der Waals surface area contributed by atoms with Crippen LogP contribution in [-0.4, -0.2) is 45.4 Å². The lowest BCUT2D eigenvalue weighted by Gasteiger charge is -2.44. The predicted octanol–water partition coefficient (Wildman–Crippen LogP) is 2.78. The van der Waals surface area contributed by atoms with Gasteiger partial charge in [-0.05, 0) is 31.7 Å². The van der Waals surface area contributed by atoms with Gasteiger partial charge in [0.25, 0.3) is 5.91 Å². The number of hydrogen-bond donors (Lipinski definition) is 0. The molecule has 2 saturated heterocycles. The van der Waals surface area contributed by atoms with Crippen LogP contribution in [0.5, 0.6) is 0 Å². The Morgan fingerprint density at radius 2 is 2.08 bits per heavy atom. The minimum Gasteiger partial charge on any atom is -0.361 e. The smallest absolute Gasteiger partial charge is 0.276 e. The Bertz CT molecular complexity index is 817. The Labute approximate surface area is 152 Å². The van der Waals surface area contributed by atoms with E-state index in [0.29, 0.717) is 37.5 Å². The van der Waals surface area contributed by atoms with Gasteiger partial charge in [-0.15, -0.1) is 0 Å². The molecule has 0 bridgehead atoms. The number of aryl methyl sites for hydroxylation is 1. The molecule has 4 rings (SSSR count). The molecule has 26 heavy (non-hydrogen) atoms. The molecule has 1 aromatic heterocycles. The summed E-state index contributed by atoms with van der Waals surface area (Å²) in [6.07, 6.45) is 3.24. The number of likely N-dealkylation sites (tertiary alicyclic amines) is 2. The lowest BCUT2D eigenvalue weighted by molar-refractivity contribution is -0.128. The Hall–Kier alpha value is -2.63. The van der Waals surface area contributed by atoms with Gasteiger partial charge in [-0.2, -0.15) is 0 Å². The van der Waals surface area contributed by atoms with Crippen molar-refractivity contribution in [3.8, 4) is 0 Å². The molecule has 2 fully saturated rings. The fourth-order valence-electron chi connectivity index (χ4n) is 4.21. The summed E-state index contributed by atoms with van der Waals surface area (Å²) in [6, 6.07) is 11.7. The summed E-state index contributed by atoms with van der Waals surface area (Å²) in [7, 11) is 0. The van der Waals surface area contributed by atoms with Crippen LogP contribution in [0, 0.1) is 6.92 Å². The van der Waals surface area contributed by atoms with E-state index in [-0.39, 0.29) is 11.8 Å². The summed E-state index contributed by atoms with van der Waals surface area (Å²) in [4.78, 5) is 29.5. The van der Waals surface area contributed by atoms with Gasteiger partial charge in [0.05, 0.1) is 12.0 Å². The molecule has 1 aromatic carbocycles. The molecular formula is C20H23N3O3. The molecule has 136 valence electrons. The van der Waals surface area contributed by atoms with E-state index >= 15 is 0 Å². The summed E-state index contributed by atoms with van der Waals surface area (Å²) in [5.41, 5.74) is 1.02. The fourth-order valence-corrected chi connectivity index (χ4v) is 4.21. The number of rotatable bonds is 3. The van der Waals surface area contributed by atoms with E-state index in [1.54, 1.807) is 13.0 Å². The SMILES string of the molecule is Cc1cc(C(=O)N2CCCCC23CC(=O)N(Cc2ccccc2)C3)no1. The normalized spacial score (nSPS) is 23.0. The van der Waals surface area contributed by atoms with Crippen LogP contribution >= 0.6 is 0 Å². The van der Waals surface area contributed by atoms with Crippen LogP contribution in [0.25, 0.3) is 0 Å². The van der Waals surface area contributed by atoms with Crippen molar-refractivity contribution in [3.05, 3.63) is 53.4 Å². The van der Waals surface area contributed by atoms with Crippen LogP contribution in [0.15, 0.2) is 40.9 Å². The Kier molecular flexibility index (Phi) is 4.26. The zero-order chi connectivity index (χ0) is 18.1. The minimum absolute atomic E-state index is 0.116. The number of carbonyl (C=O) groups excluding carboxylic acids is 2. The first kappa shape index (κ1) is 16.8. The van der Waals surface area contributed by atoms with Crippen LogP contribution < -0.4 is 0 Å². The van der Waals surface area contributed by atoms with Crippen LogP contribution in [0.1, 0.15) is 47.5 Å². The molecule has 1 unspecified atom stereocenters. The zero-order valence-electron chi connectivity index (χ0n) is 15.0. The highest BCUT2D eigenvalue weighted by Crippen LogP contribution is 2.38. The monoisotopic (exact) mass is 353 g/mol. The van der Waals surface area contributed by atoms with Crippen molar-refractivity contribution in [2.45, 2.75) is 44.7 Å². The molecule has 2 aliphatic heterocycles. The standard InChI is InChI=1S/C20H23N3O3/c1-15-11-17(21-26-15)19(25)23-10-6-5-9-20(23)12-18(24)22(14-20)13-16-7-3-2-4-8-16/h2-4,7-8,11H,5-6,9-10,12-14H2,1H3. The van der Waals surface area contributed by atoms with Crippen molar-refractivity contribution >= 4 is 11.8 Å².